The molecule has 224 valence electrons. The highest BCUT2D eigenvalue weighted by Gasteiger charge is 2.55. The lowest BCUT2D eigenvalue weighted by molar-refractivity contribution is -0.342. The topological polar surface area (TPSA) is 70.3 Å². The Morgan fingerprint density at radius 2 is 0.977 bits per heavy atom. The maximum Gasteiger partial charge on any atom is 0.114 e. The third kappa shape index (κ3) is 4.18. The Balaban J connectivity index is 1.29. The van der Waals surface area contributed by atoms with Crippen molar-refractivity contribution >= 4 is 21.5 Å². The van der Waals surface area contributed by atoms with Crippen molar-refractivity contribution in [2.24, 2.45) is 0 Å². The Labute approximate surface area is 258 Å². The zero-order valence-electron chi connectivity index (χ0n) is 26.5. The van der Waals surface area contributed by atoms with Gasteiger partial charge in [-0.25, -0.2) is 9.78 Å². The standard InChI is InChI=1S/C39H40N2O3/c1-20-16-18-30(28-14-10-8-12-26(20)28)32-22(3)36(40-24(32)5)34-38(42)35(39(34)44-43-7)37-23(4)33(25(6)41-37)31-19-17-21(2)27-13-9-11-15-29(27)31/h8-19,34-35,38-42H,1-7H3. The van der Waals surface area contributed by atoms with Crippen molar-refractivity contribution in [3.63, 3.8) is 0 Å². The second kappa shape index (κ2) is 10.8. The van der Waals surface area contributed by atoms with Gasteiger partial charge in [-0.05, 0) is 96.5 Å². The number of hydrogen-bond acceptors (Lipinski definition) is 3. The van der Waals surface area contributed by atoms with E-state index in [2.05, 4.69) is 124 Å². The van der Waals surface area contributed by atoms with Gasteiger partial charge in [0, 0.05) is 33.9 Å². The molecular formula is C39H40N2O3. The van der Waals surface area contributed by atoms with Gasteiger partial charge in [-0.15, -0.1) is 0 Å². The van der Waals surface area contributed by atoms with E-state index in [4.69, 9.17) is 9.78 Å². The van der Waals surface area contributed by atoms with Crippen molar-refractivity contribution < 1.29 is 14.9 Å². The Morgan fingerprint density at radius 3 is 1.39 bits per heavy atom. The summed E-state index contributed by atoms with van der Waals surface area (Å²) in [6.07, 6.45) is -1.03. The second-order valence-electron chi connectivity index (χ2n) is 12.5. The first-order valence-electron chi connectivity index (χ1n) is 15.5. The van der Waals surface area contributed by atoms with Gasteiger partial charge < -0.3 is 15.1 Å². The number of aryl methyl sites for hydroxylation is 4. The molecule has 0 aliphatic heterocycles. The molecule has 1 saturated carbocycles. The zero-order chi connectivity index (χ0) is 30.9. The summed E-state index contributed by atoms with van der Waals surface area (Å²) >= 11 is 0. The van der Waals surface area contributed by atoms with Gasteiger partial charge in [0.05, 0.1) is 25.0 Å². The van der Waals surface area contributed by atoms with Crippen LogP contribution in [0.4, 0.5) is 0 Å². The lowest BCUT2D eigenvalue weighted by Crippen LogP contribution is -2.53. The summed E-state index contributed by atoms with van der Waals surface area (Å²) in [6, 6.07) is 26.0. The van der Waals surface area contributed by atoms with Crippen LogP contribution in [0.25, 0.3) is 43.8 Å². The van der Waals surface area contributed by atoms with Gasteiger partial charge in [0.15, 0.2) is 0 Å². The Hall–Kier alpha value is -4.16. The summed E-state index contributed by atoms with van der Waals surface area (Å²) in [5.74, 6) is -0.536. The van der Waals surface area contributed by atoms with E-state index in [0.717, 1.165) is 33.9 Å². The number of aliphatic hydroxyl groups is 1. The molecule has 7 rings (SSSR count). The molecule has 44 heavy (non-hydrogen) atoms. The Morgan fingerprint density at radius 1 is 0.568 bits per heavy atom. The molecule has 0 radical (unpaired) electrons. The maximum atomic E-state index is 11.9. The second-order valence-corrected chi connectivity index (χ2v) is 12.5. The number of H-pyrrole nitrogens is 2. The molecule has 5 nitrogen and oxygen atoms in total. The summed E-state index contributed by atoms with van der Waals surface area (Å²) in [7, 11) is 1.55. The quantitative estimate of drug-likeness (QED) is 0.135. The first-order chi connectivity index (χ1) is 21.2. The van der Waals surface area contributed by atoms with Crippen LogP contribution in [0.15, 0.2) is 72.8 Å². The van der Waals surface area contributed by atoms with E-state index in [0.29, 0.717) is 0 Å². The van der Waals surface area contributed by atoms with Gasteiger partial charge in [0.1, 0.15) is 6.10 Å². The fourth-order valence-corrected chi connectivity index (χ4v) is 7.95. The van der Waals surface area contributed by atoms with E-state index in [1.807, 2.05) is 0 Å². The van der Waals surface area contributed by atoms with E-state index in [-0.39, 0.29) is 17.9 Å². The fraction of sp³-hybridized carbons (Fsp3) is 0.282. The molecule has 0 bridgehead atoms. The van der Waals surface area contributed by atoms with Crippen LogP contribution in [0.5, 0.6) is 0 Å². The molecule has 2 unspecified atom stereocenters. The smallest absolute Gasteiger partial charge is 0.114 e. The van der Waals surface area contributed by atoms with Crippen molar-refractivity contribution in [3.8, 4) is 22.3 Å². The number of benzene rings is 4. The first kappa shape index (κ1) is 28.6. The molecule has 6 aromatic rings. The molecule has 1 aliphatic carbocycles. The summed E-state index contributed by atoms with van der Waals surface area (Å²) in [5.41, 5.74) is 13.7. The lowest BCUT2D eigenvalue weighted by atomic mass is 9.64. The van der Waals surface area contributed by atoms with Crippen molar-refractivity contribution in [2.75, 3.05) is 7.11 Å². The van der Waals surface area contributed by atoms with Gasteiger partial charge in [0.25, 0.3) is 0 Å². The zero-order valence-corrected chi connectivity index (χ0v) is 26.5. The highest BCUT2D eigenvalue weighted by molar-refractivity contribution is 6.01. The average molecular weight is 585 g/mol. The molecule has 0 saturated heterocycles. The molecule has 0 spiro atoms. The molecule has 0 amide bonds. The summed E-state index contributed by atoms with van der Waals surface area (Å²) in [6.45, 7) is 12.8. The minimum absolute atomic E-state index is 0.268. The predicted molar refractivity (Wildman–Crippen MR) is 179 cm³/mol. The van der Waals surface area contributed by atoms with E-state index in [1.165, 1.54) is 54.9 Å². The SMILES string of the molecule is COOC1C(c2[nH]c(C)c(-c3ccc(C)c4ccccc34)c2C)C(O)C1c1[nH]c(C)c(-c2ccc(C)c3ccccc23)c1C. The molecule has 1 fully saturated rings. The lowest BCUT2D eigenvalue weighted by Gasteiger charge is -2.47. The molecule has 2 aromatic heterocycles. The minimum atomic E-state index is -0.658. The van der Waals surface area contributed by atoms with E-state index in [9.17, 15) is 5.11 Å². The summed E-state index contributed by atoms with van der Waals surface area (Å²) < 4.78 is 0. The number of aliphatic hydroxyl groups excluding tert-OH is 1. The molecule has 2 heterocycles. The number of rotatable bonds is 6. The maximum absolute atomic E-state index is 11.9. The van der Waals surface area contributed by atoms with Crippen LogP contribution in [0, 0.1) is 41.5 Å². The summed E-state index contributed by atoms with van der Waals surface area (Å²) in [4.78, 5) is 18.6. The van der Waals surface area contributed by atoms with Crippen LogP contribution in [0.1, 0.15) is 56.9 Å². The third-order valence-corrected chi connectivity index (χ3v) is 10.1. The van der Waals surface area contributed by atoms with Crippen molar-refractivity contribution in [2.45, 2.75) is 65.6 Å². The van der Waals surface area contributed by atoms with Crippen LogP contribution < -0.4 is 0 Å². The number of hydrogen-bond donors (Lipinski definition) is 3. The number of nitrogens with one attached hydrogen (secondary N) is 2. The fourth-order valence-electron chi connectivity index (χ4n) is 7.95. The normalized spacial score (nSPS) is 20.0. The summed E-state index contributed by atoms with van der Waals surface area (Å²) in [5, 5.41) is 16.9. The van der Waals surface area contributed by atoms with Crippen molar-refractivity contribution in [1.29, 1.82) is 0 Å². The van der Waals surface area contributed by atoms with Gasteiger partial charge in [-0.3, -0.25) is 0 Å². The van der Waals surface area contributed by atoms with Crippen LogP contribution >= 0.6 is 0 Å². The van der Waals surface area contributed by atoms with Gasteiger partial charge in [0.2, 0.25) is 0 Å². The average Bonchev–Trinajstić information content (AvgIpc) is 3.46. The Bertz CT molecular complexity index is 1910. The highest BCUT2D eigenvalue weighted by Crippen LogP contribution is 2.53. The molecule has 5 heteroatoms. The number of fused-ring (bicyclic) bond motifs is 2. The minimum Gasteiger partial charge on any atom is -0.392 e. The number of aromatic nitrogens is 2. The van der Waals surface area contributed by atoms with Crippen LogP contribution in [-0.4, -0.2) is 34.4 Å². The van der Waals surface area contributed by atoms with Crippen LogP contribution in [0.3, 0.4) is 0 Å². The van der Waals surface area contributed by atoms with Gasteiger partial charge in [-0.2, -0.15) is 0 Å². The Kier molecular flexibility index (Phi) is 7.00. The molecule has 4 aromatic carbocycles. The highest BCUT2D eigenvalue weighted by atomic mass is 17.2. The van der Waals surface area contributed by atoms with Crippen molar-refractivity contribution in [1.82, 2.24) is 9.97 Å². The van der Waals surface area contributed by atoms with E-state index < -0.39 is 6.10 Å². The third-order valence-electron chi connectivity index (χ3n) is 10.1. The van der Waals surface area contributed by atoms with Gasteiger partial charge >= 0.3 is 0 Å². The van der Waals surface area contributed by atoms with Crippen LogP contribution in [-0.2, 0) is 9.78 Å². The molecule has 1 aliphatic rings. The van der Waals surface area contributed by atoms with Gasteiger partial charge in [-0.1, -0.05) is 72.8 Å². The van der Waals surface area contributed by atoms with Crippen LogP contribution in [0.2, 0.25) is 0 Å². The van der Waals surface area contributed by atoms with Crippen molar-refractivity contribution in [3.05, 3.63) is 118 Å². The molecule has 3 N–H and O–H groups in total. The first-order valence-corrected chi connectivity index (χ1v) is 15.5. The van der Waals surface area contributed by atoms with E-state index in [1.54, 1.807) is 7.11 Å². The van der Waals surface area contributed by atoms with E-state index >= 15 is 0 Å². The largest absolute Gasteiger partial charge is 0.392 e. The predicted octanol–water partition coefficient (Wildman–Crippen LogP) is 9.02. The monoisotopic (exact) mass is 584 g/mol. The molecule has 2 atom stereocenters. The molecular weight excluding hydrogens is 544 g/mol. The number of aromatic amines is 2.